The van der Waals surface area contributed by atoms with Crippen molar-refractivity contribution in [1.29, 1.82) is 5.41 Å². The summed E-state index contributed by atoms with van der Waals surface area (Å²) in [5.41, 5.74) is 7.03. The standard InChI is InChI=1S/C12H20N4O/c1-9(8-17-3)16(2)7-10-5-4-6-15-11(10)12(13)14/h4-6,9H,7-8H2,1-3H3,(H3,13,14). The Morgan fingerprint density at radius 1 is 1.65 bits per heavy atom. The molecule has 1 aromatic rings. The Morgan fingerprint density at radius 2 is 2.35 bits per heavy atom. The Balaban J connectivity index is 2.77. The number of aromatic nitrogens is 1. The number of methoxy groups -OCH3 is 1. The van der Waals surface area contributed by atoms with Gasteiger partial charge in [0.15, 0.2) is 0 Å². The monoisotopic (exact) mass is 236 g/mol. The van der Waals surface area contributed by atoms with E-state index in [0.29, 0.717) is 24.9 Å². The minimum Gasteiger partial charge on any atom is -0.383 e. The molecule has 0 spiro atoms. The molecule has 17 heavy (non-hydrogen) atoms. The molecule has 1 atom stereocenters. The van der Waals surface area contributed by atoms with Crippen LogP contribution in [0.25, 0.3) is 0 Å². The lowest BCUT2D eigenvalue weighted by Crippen LogP contribution is -2.33. The smallest absolute Gasteiger partial charge is 0.142 e. The average molecular weight is 236 g/mol. The summed E-state index contributed by atoms with van der Waals surface area (Å²) >= 11 is 0. The molecule has 5 heteroatoms. The van der Waals surface area contributed by atoms with Gasteiger partial charge in [0, 0.05) is 25.9 Å². The van der Waals surface area contributed by atoms with Gasteiger partial charge in [-0.3, -0.25) is 15.3 Å². The van der Waals surface area contributed by atoms with Crippen LogP contribution in [0.4, 0.5) is 0 Å². The minimum absolute atomic E-state index is 0.00777. The van der Waals surface area contributed by atoms with Crippen molar-refractivity contribution >= 4 is 5.84 Å². The number of nitrogens with one attached hydrogen (secondary N) is 1. The van der Waals surface area contributed by atoms with Gasteiger partial charge in [-0.1, -0.05) is 6.07 Å². The quantitative estimate of drug-likeness (QED) is 0.566. The van der Waals surface area contributed by atoms with Gasteiger partial charge in [-0.25, -0.2) is 0 Å². The number of hydrogen-bond donors (Lipinski definition) is 2. The summed E-state index contributed by atoms with van der Waals surface area (Å²) in [6, 6.07) is 4.11. The SMILES string of the molecule is COCC(C)N(C)Cc1cccnc1C(=N)N. The van der Waals surface area contributed by atoms with Gasteiger partial charge in [0.2, 0.25) is 0 Å². The molecule has 0 saturated carbocycles. The van der Waals surface area contributed by atoms with Crippen molar-refractivity contribution in [2.24, 2.45) is 5.73 Å². The molecular weight excluding hydrogens is 216 g/mol. The molecule has 1 unspecified atom stereocenters. The number of hydrogen-bond acceptors (Lipinski definition) is 4. The highest BCUT2D eigenvalue weighted by molar-refractivity contribution is 5.94. The topological polar surface area (TPSA) is 75.2 Å². The van der Waals surface area contributed by atoms with E-state index in [1.54, 1.807) is 13.3 Å². The molecule has 1 aromatic heterocycles. The number of pyridine rings is 1. The third kappa shape index (κ3) is 3.80. The molecular formula is C12H20N4O. The maximum Gasteiger partial charge on any atom is 0.142 e. The Hall–Kier alpha value is -1.46. The van der Waals surface area contributed by atoms with Crippen LogP contribution in [0, 0.1) is 5.41 Å². The highest BCUT2D eigenvalue weighted by Crippen LogP contribution is 2.09. The van der Waals surface area contributed by atoms with Crippen molar-refractivity contribution in [2.75, 3.05) is 20.8 Å². The molecule has 0 amide bonds. The van der Waals surface area contributed by atoms with E-state index in [0.717, 1.165) is 5.56 Å². The van der Waals surface area contributed by atoms with Crippen molar-refractivity contribution < 1.29 is 4.74 Å². The van der Waals surface area contributed by atoms with Gasteiger partial charge >= 0.3 is 0 Å². The van der Waals surface area contributed by atoms with Gasteiger partial charge in [-0.2, -0.15) is 0 Å². The second-order valence-electron chi connectivity index (χ2n) is 4.14. The molecule has 5 nitrogen and oxygen atoms in total. The lowest BCUT2D eigenvalue weighted by molar-refractivity contribution is 0.112. The second-order valence-corrected chi connectivity index (χ2v) is 4.14. The zero-order valence-electron chi connectivity index (χ0n) is 10.6. The zero-order valence-corrected chi connectivity index (χ0v) is 10.6. The molecule has 0 aromatic carbocycles. The molecule has 0 radical (unpaired) electrons. The second kappa shape index (κ2) is 6.32. The van der Waals surface area contributed by atoms with Gasteiger partial charge < -0.3 is 10.5 Å². The molecule has 0 saturated heterocycles. The number of nitrogens with zero attached hydrogens (tertiary/aromatic N) is 2. The molecule has 0 aliphatic carbocycles. The first-order valence-corrected chi connectivity index (χ1v) is 5.53. The summed E-state index contributed by atoms with van der Waals surface area (Å²) in [4.78, 5) is 6.27. The van der Waals surface area contributed by atoms with E-state index in [-0.39, 0.29) is 5.84 Å². The molecule has 1 rings (SSSR count). The summed E-state index contributed by atoms with van der Waals surface area (Å²) < 4.78 is 5.12. The zero-order chi connectivity index (χ0) is 12.8. The first-order valence-electron chi connectivity index (χ1n) is 5.53. The van der Waals surface area contributed by atoms with Crippen LogP contribution in [-0.2, 0) is 11.3 Å². The molecule has 0 bridgehead atoms. The normalized spacial score (nSPS) is 12.7. The first kappa shape index (κ1) is 13.6. The molecule has 0 fully saturated rings. The fourth-order valence-corrected chi connectivity index (χ4v) is 1.60. The van der Waals surface area contributed by atoms with Crippen LogP contribution >= 0.6 is 0 Å². The van der Waals surface area contributed by atoms with Crippen molar-refractivity contribution in [3.63, 3.8) is 0 Å². The number of amidine groups is 1. The van der Waals surface area contributed by atoms with E-state index in [2.05, 4.69) is 16.8 Å². The number of nitrogens with two attached hydrogens (primary N) is 1. The predicted molar refractivity (Wildman–Crippen MR) is 68.1 cm³/mol. The number of rotatable bonds is 6. The summed E-state index contributed by atoms with van der Waals surface area (Å²) in [5.74, 6) is 0.00777. The van der Waals surface area contributed by atoms with Crippen LogP contribution in [0.15, 0.2) is 18.3 Å². The summed E-state index contributed by atoms with van der Waals surface area (Å²) in [6.07, 6.45) is 1.65. The number of nitrogen functional groups attached to an aromatic ring is 1. The van der Waals surface area contributed by atoms with Crippen LogP contribution in [-0.4, -0.2) is 42.5 Å². The summed E-state index contributed by atoms with van der Waals surface area (Å²) in [5, 5.41) is 7.48. The van der Waals surface area contributed by atoms with Gasteiger partial charge in [-0.15, -0.1) is 0 Å². The van der Waals surface area contributed by atoms with E-state index in [1.165, 1.54) is 0 Å². The predicted octanol–water partition coefficient (Wildman–Crippen LogP) is 0.832. The minimum atomic E-state index is 0.00777. The maximum atomic E-state index is 7.48. The van der Waals surface area contributed by atoms with Crippen LogP contribution < -0.4 is 5.73 Å². The van der Waals surface area contributed by atoms with Crippen LogP contribution in [0.2, 0.25) is 0 Å². The molecule has 0 aliphatic heterocycles. The van der Waals surface area contributed by atoms with Gasteiger partial charge in [0.1, 0.15) is 11.5 Å². The first-order chi connectivity index (χ1) is 8.06. The van der Waals surface area contributed by atoms with Crippen molar-refractivity contribution in [3.05, 3.63) is 29.6 Å². The highest BCUT2D eigenvalue weighted by atomic mass is 16.5. The fourth-order valence-electron chi connectivity index (χ4n) is 1.60. The van der Waals surface area contributed by atoms with Gasteiger partial charge in [0.25, 0.3) is 0 Å². The Labute approximate surface area is 102 Å². The van der Waals surface area contributed by atoms with Gasteiger partial charge in [0.05, 0.1) is 6.61 Å². The average Bonchev–Trinajstić information content (AvgIpc) is 2.29. The Kier molecular flexibility index (Phi) is 5.06. The molecule has 3 N–H and O–H groups in total. The van der Waals surface area contributed by atoms with Crippen LogP contribution in [0.5, 0.6) is 0 Å². The number of likely N-dealkylation sites (N-methyl/N-ethyl adjacent to an activating group) is 1. The van der Waals surface area contributed by atoms with E-state index < -0.39 is 0 Å². The largest absolute Gasteiger partial charge is 0.383 e. The van der Waals surface area contributed by atoms with Gasteiger partial charge in [-0.05, 0) is 25.6 Å². The van der Waals surface area contributed by atoms with Crippen LogP contribution in [0.3, 0.4) is 0 Å². The van der Waals surface area contributed by atoms with Crippen LogP contribution in [0.1, 0.15) is 18.2 Å². The molecule has 1 heterocycles. The fraction of sp³-hybridized carbons (Fsp3) is 0.500. The van der Waals surface area contributed by atoms with E-state index in [1.807, 2.05) is 19.2 Å². The highest BCUT2D eigenvalue weighted by Gasteiger charge is 2.13. The van der Waals surface area contributed by atoms with E-state index in [9.17, 15) is 0 Å². The molecule has 94 valence electrons. The van der Waals surface area contributed by atoms with E-state index >= 15 is 0 Å². The summed E-state index contributed by atoms with van der Waals surface area (Å²) in [7, 11) is 3.70. The molecule has 0 aliphatic rings. The lowest BCUT2D eigenvalue weighted by atomic mass is 10.1. The van der Waals surface area contributed by atoms with Crippen molar-refractivity contribution in [1.82, 2.24) is 9.88 Å². The van der Waals surface area contributed by atoms with Crippen molar-refractivity contribution in [3.8, 4) is 0 Å². The third-order valence-corrected chi connectivity index (χ3v) is 2.73. The Bertz CT molecular complexity index is 381. The van der Waals surface area contributed by atoms with Crippen molar-refractivity contribution in [2.45, 2.75) is 19.5 Å². The summed E-state index contributed by atoms with van der Waals surface area (Å²) in [6.45, 7) is 3.47. The maximum absolute atomic E-state index is 7.48. The third-order valence-electron chi connectivity index (χ3n) is 2.73. The number of ether oxygens (including phenoxy) is 1. The Morgan fingerprint density at radius 3 is 2.94 bits per heavy atom. The lowest BCUT2D eigenvalue weighted by Gasteiger charge is -2.24. The van der Waals surface area contributed by atoms with E-state index in [4.69, 9.17) is 15.9 Å².